The van der Waals surface area contributed by atoms with Crippen LogP contribution in [0.1, 0.15) is 46.5 Å². The van der Waals surface area contributed by atoms with E-state index in [1.807, 2.05) is 0 Å². The van der Waals surface area contributed by atoms with E-state index in [2.05, 4.69) is 20.8 Å². The summed E-state index contributed by atoms with van der Waals surface area (Å²) in [6.45, 7) is 6.65. The van der Waals surface area contributed by atoms with Gasteiger partial charge in [0.1, 0.15) is 0 Å². The monoisotopic (exact) mass is 202 g/mol. The Morgan fingerprint density at radius 3 is 2.00 bits per heavy atom. The summed E-state index contributed by atoms with van der Waals surface area (Å²) >= 11 is 0. The van der Waals surface area contributed by atoms with Gasteiger partial charge in [0.25, 0.3) is 0 Å². The summed E-state index contributed by atoms with van der Waals surface area (Å²) in [5.41, 5.74) is 0. The zero-order valence-corrected chi connectivity index (χ0v) is 9.74. The third kappa shape index (κ3) is 12.3. The third-order valence-corrected chi connectivity index (χ3v) is 1.28. The molecule has 0 aromatic heterocycles. The Hall–Kier alpha value is 1.10. The van der Waals surface area contributed by atoms with Gasteiger partial charge < -0.3 is 5.92 Å². The van der Waals surface area contributed by atoms with Crippen LogP contribution in [-0.4, -0.2) is 0 Å². The summed E-state index contributed by atoms with van der Waals surface area (Å²) in [6, 6.07) is 0. The van der Waals surface area contributed by atoms with Crippen molar-refractivity contribution in [1.29, 1.82) is 0 Å². The molecule has 53 valence electrons. The van der Waals surface area contributed by atoms with Crippen molar-refractivity contribution in [3.8, 4) is 0 Å². The summed E-state index contributed by atoms with van der Waals surface area (Å²) in [5, 5.41) is 0. The van der Waals surface area contributed by atoms with Gasteiger partial charge in [-0.1, -0.05) is 26.2 Å². The molecule has 0 nitrogen and oxygen atoms in total. The minimum atomic E-state index is 0. The second kappa shape index (κ2) is 9.10. The molecule has 1 radical (unpaired) electrons. The summed E-state index contributed by atoms with van der Waals surface area (Å²) in [6.07, 6.45) is 5.45. The fourth-order valence-electron chi connectivity index (χ4n) is 0.729. The van der Waals surface area contributed by atoms with Crippen molar-refractivity contribution in [2.24, 2.45) is 0 Å². The molecular weight excluding hydrogens is 185 g/mol. The van der Waals surface area contributed by atoms with Crippen molar-refractivity contribution in [3.05, 3.63) is 5.92 Å². The molecule has 0 aliphatic carbocycles. The molecule has 0 amide bonds. The first-order valence-electron chi connectivity index (χ1n) is 3.56. The van der Waals surface area contributed by atoms with Crippen molar-refractivity contribution >= 4 is 0 Å². The van der Waals surface area contributed by atoms with Crippen LogP contribution in [0.15, 0.2) is 0 Å². The van der Waals surface area contributed by atoms with Crippen molar-refractivity contribution < 1.29 is 32.7 Å². The van der Waals surface area contributed by atoms with Crippen LogP contribution in [0.25, 0.3) is 0 Å². The molecule has 0 aliphatic rings. The second-order valence-electron chi connectivity index (χ2n) is 2.66. The maximum Gasteiger partial charge on any atom is 0 e. The van der Waals surface area contributed by atoms with Crippen LogP contribution < -0.4 is 0 Å². The molecule has 0 aliphatic heterocycles. The summed E-state index contributed by atoms with van der Waals surface area (Å²) in [4.78, 5) is 0. The van der Waals surface area contributed by atoms with Crippen molar-refractivity contribution in [2.45, 2.75) is 46.5 Å². The Bertz CT molecular complexity index is 41.8. The van der Waals surface area contributed by atoms with Crippen molar-refractivity contribution in [3.63, 3.8) is 0 Å². The van der Waals surface area contributed by atoms with Gasteiger partial charge in [0.2, 0.25) is 0 Å². The Kier molecular flexibility index (Phi) is 12.9. The van der Waals surface area contributed by atoms with Crippen LogP contribution in [0.4, 0.5) is 0 Å². The molecule has 0 saturated heterocycles. The minimum Gasteiger partial charge on any atom is -0.320 e. The molecule has 0 unspecified atom stereocenters. The zero-order chi connectivity index (χ0) is 6.41. The van der Waals surface area contributed by atoms with Gasteiger partial charge in [-0.15, -0.1) is 0 Å². The number of hydrogen-bond acceptors (Lipinski definition) is 0. The van der Waals surface area contributed by atoms with Crippen LogP contribution >= 0.6 is 0 Å². The SMILES string of the molecule is CCCCC[C-](C)C.[Y]. The average Bonchev–Trinajstić information content (AvgIpc) is 1.66. The molecule has 0 fully saturated rings. The largest absolute Gasteiger partial charge is 0.320 e. The second-order valence-corrected chi connectivity index (χ2v) is 2.66. The van der Waals surface area contributed by atoms with E-state index in [4.69, 9.17) is 0 Å². The molecule has 1 heteroatoms. The van der Waals surface area contributed by atoms with Crippen LogP contribution in [0.2, 0.25) is 0 Å². The van der Waals surface area contributed by atoms with E-state index in [-0.39, 0.29) is 32.7 Å². The molecule has 0 heterocycles. The average molecular weight is 202 g/mol. The maximum atomic E-state index is 2.24. The van der Waals surface area contributed by atoms with Gasteiger partial charge in [0, 0.05) is 32.7 Å². The third-order valence-electron chi connectivity index (χ3n) is 1.28. The molecule has 0 atom stereocenters. The Morgan fingerprint density at radius 1 is 1.11 bits per heavy atom. The van der Waals surface area contributed by atoms with Crippen LogP contribution in [-0.2, 0) is 32.7 Å². The molecule has 0 N–H and O–H groups in total. The van der Waals surface area contributed by atoms with Gasteiger partial charge in [-0.2, -0.15) is 20.3 Å². The Morgan fingerprint density at radius 2 is 1.67 bits per heavy atom. The van der Waals surface area contributed by atoms with E-state index >= 15 is 0 Å². The first-order valence-corrected chi connectivity index (χ1v) is 3.56. The first-order chi connectivity index (χ1) is 3.77. The van der Waals surface area contributed by atoms with E-state index in [1.54, 1.807) is 5.92 Å². The van der Waals surface area contributed by atoms with Crippen molar-refractivity contribution in [2.75, 3.05) is 0 Å². The van der Waals surface area contributed by atoms with Gasteiger partial charge in [-0.05, 0) is 0 Å². The molecule has 0 spiro atoms. The van der Waals surface area contributed by atoms with E-state index in [9.17, 15) is 0 Å². The molecule has 0 bridgehead atoms. The van der Waals surface area contributed by atoms with Gasteiger partial charge in [0.05, 0.1) is 0 Å². The van der Waals surface area contributed by atoms with E-state index < -0.39 is 0 Å². The summed E-state index contributed by atoms with van der Waals surface area (Å²) in [7, 11) is 0. The van der Waals surface area contributed by atoms with E-state index in [0.717, 1.165) is 0 Å². The van der Waals surface area contributed by atoms with Crippen LogP contribution in [0.5, 0.6) is 0 Å². The normalized spacial score (nSPS) is 9.33. The smallest absolute Gasteiger partial charge is 0 e. The summed E-state index contributed by atoms with van der Waals surface area (Å²) in [5.74, 6) is 1.57. The molecule has 0 aromatic carbocycles. The molecule has 0 rings (SSSR count). The van der Waals surface area contributed by atoms with Crippen LogP contribution in [0, 0.1) is 5.92 Å². The van der Waals surface area contributed by atoms with Crippen molar-refractivity contribution in [1.82, 2.24) is 0 Å². The Balaban J connectivity index is 0. The number of unbranched alkanes of at least 4 members (excludes halogenated alkanes) is 2. The van der Waals surface area contributed by atoms with Gasteiger partial charge in [-0.3, -0.25) is 0 Å². The van der Waals surface area contributed by atoms with Crippen LogP contribution in [0.3, 0.4) is 0 Å². The van der Waals surface area contributed by atoms with Gasteiger partial charge >= 0.3 is 0 Å². The molecule has 9 heavy (non-hydrogen) atoms. The standard InChI is InChI=1S/C8H17.Y/c1-4-5-6-7-8(2)3;/h4-7H2,1-3H3;/q-1;. The minimum absolute atomic E-state index is 0. The van der Waals surface area contributed by atoms with E-state index in [1.165, 1.54) is 25.7 Å². The molecule has 0 saturated carbocycles. The predicted molar refractivity (Wildman–Crippen MR) is 38.7 cm³/mol. The summed E-state index contributed by atoms with van der Waals surface area (Å²) < 4.78 is 0. The predicted octanol–water partition coefficient (Wildman–Crippen LogP) is 3.18. The first kappa shape index (κ1) is 12.8. The fraction of sp³-hybridized carbons (Fsp3) is 0.875. The number of rotatable bonds is 4. The molecule has 0 aromatic rings. The fourth-order valence-corrected chi connectivity index (χ4v) is 0.729. The maximum absolute atomic E-state index is 2.24. The Labute approximate surface area is 84.7 Å². The number of hydrogen-bond donors (Lipinski definition) is 0. The topological polar surface area (TPSA) is 0 Å². The van der Waals surface area contributed by atoms with Gasteiger partial charge in [0.15, 0.2) is 0 Å². The van der Waals surface area contributed by atoms with Gasteiger partial charge in [-0.25, -0.2) is 0 Å². The van der Waals surface area contributed by atoms with E-state index in [0.29, 0.717) is 0 Å². The quantitative estimate of drug-likeness (QED) is 0.485. The molecular formula is C8H17Y-. The zero-order valence-electron chi connectivity index (χ0n) is 6.91.